The predicted molar refractivity (Wildman–Crippen MR) is 148 cm³/mol. The fraction of sp³-hybridized carbons (Fsp3) is 0.645. The minimum absolute atomic E-state index is 0.00113. The van der Waals surface area contributed by atoms with Gasteiger partial charge in [0.25, 0.3) is 5.92 Å². The molecule has 9 nitrogen and oxygen atoms in total. The number of amides is 4. The van der Waals surface area contributed by atoms with Gasteiger partial charge in [-0.3, -0.25) is 19.2 Å². The summed E-state index contributed by atoms with van der Waals surface area (Å²) in [5.41, 5.74) is -1.97. The molecule has 0 aromatic heterocycles. The predicted octanol–water partition coefficient (Wildman–Crippen LogP) is 3.29. The summed E-state index contributed by atoms with van der Waals surface area (Å²) < 4.78 is 56.8. The number of carbonyl (C=O) groups is 4. The topological polar surface area (TPSA) is 123 Å². The SMILES string of the molecule is CC(C)(C)[C@H](NC(=O)[C@H]1CC1(F)F)C(=O)N1CC2CC[C@@H](F)C[C@@H]2[C@H]1C(=O)N1C[C@]2(C[C@H]1C#N)C(=O)Nc1c(F)cccc12. The molecule has 8 atom stereocenters. The molecule has 1 spiro atoms. The van der Waals surface area contributed by atoms with E-state index >= 15 is 0 Å². The Morgan fingerprint density at radius 3 is 2.50 bits per heavy atom. The smallest absolute Gasteiger partial charge is 0.260 e. The van der Waals surface area contributed by atoms with Crippen molar-refractivity contribution in [3.8, 4) is 6.07 Å². The molecule has 13 heteroatoms. The van der Waals surface area contributed by atoms with Gasteiger partial charge in [-0.25, -0.2) is 17.6 Å². The summed E-state index contributed by atoms with van der Waals surface area (Å²) in [5, 5.41) is 15.2. The zero-order valence-electron chi connectivity index (χ0n) is 24.7. The van der Waals surface area contributed by atoms with E-state index in [-0.39, 0.29) is 44.0 Å². The lowest BCUT2D eigenvalue weighted by molar-refractivity contribution is -0.149. The third-order valence-electron chi connectivity index (χ3n) is 10.2. The average molecular weight is 618 g/mol. The third-order valence-corrected chi connectivity index (χ3v) is 10.2. The number of hydrogen-bond donors (Lipinski definition) is 2. The van der Waals surface area contributed by atoms with E-state index in [1.54, 1.807) is 26.8 Å². The molecular formula is C31H35F4N5O4. The highest BCUT2D eigenvalue weighted by Gasteiger charge is 2.63. The molecule has 6 rings (SSSR count). The molecule has 3 heterocycles. The molecule has 4 amide bonds. The lowest BCUT2D eigenvalue weighted by Gasteiger charge is -2.38. The van der Waals surface area contributed by atoms with Crippen molar-refractivity contribution in [3.63, 3.8) is 0 Å². The van der Waals surface area contributed by atoms with Gasteiger partial charge in [0.05, 0.1) is 17.2 Å². The van der Waals surface area contributed by atoms with E-state index in [2.05, 4.69) is 16.7 Å². The summed E-state index contributed by atoms with van der Waals surface area (Å²) in [4.78, 5) is 57.3. The molecule has 0 radical (unpaired) electrons. The molecule has 1 aromatic rings. The van der Waals surface area contributed by atoms with Crippen molar-refractivity contribution in [3.05, 3.63) is 29.6 Å². The number of para-hydroxylation sites is 1. The van der Waals surface area contributed by atoms with Crippen LogP contribution in [0.15, 0.2) is 18.2 Å². The number of hydrogen-bond acceptors (Lipinski definition) is 5. The van der Waals surface area contributed by atoms with Crippen LogP contribution in [0.1, 0.15) is 58.4 Å². The summed E-state index contributed by atoms with van der Waals surface area (Å²) in [6.07, 6.45) is -1.21. The van der Waals surface area contributed by atoms with Crippen LogP contribution in [0.5, 0.6) is 0 Å². The molecule has 236 valence electrons. The number of alkyl halides is 3. The van der Waals surface area contributed by atoms with Crippen LogP contribution < -0.4 is 10.6 Å². The summed E-state index contributed by atoms with van der Waals surface area (Å²) in [7, 11) is 0. The Hall–Kier alpha value is -3.69. The molecule has 1 aromatic carbocycles. The first kappa shape index (κ1) is 30.3. The minimum Gasteiger partial charge on any atom is -0.343 e. The summed E-state index contributed by atoms with van der Waals surface area (Å²) >= 11 is 0. The lowest BCUT2D eigenvalue weighted by atomic mass is 9.77. The van der Waals surface area contributed by atoms with E-state index in [9.17, 15) is 42.0 Å². The Labute approximate surface area is 252 Å². The van der Waals surface area contributed by atoms with Crippen LogP contribution in [-0.2, 0) is 24.6 Å². The number of anilines is 1. The maximum atomic E-state index is 14.8. The maximum Gasteiger partial charge on any atom is 0.260 e. The maximum absolute atomic E-state index is 14.8. The second-order valence-electron chi connectivity index (χ2n) is 14.1. The molecular weight excluding hydrogens is 582 g/mol. The molecule has 0 bridgehead atoms. The number of benzene rings is 1. The zero-order valence-corrected chi connectivity index (χ0v) is 24.7. The van der Waals surface area contributed by atoms with Gasteiger partial charge in [0.15, 0.2) is 0 Å². The van der Waals surface area contributed by atoms with E-state index in [1.807, 2.05) is 0 Å². The molecule has 2 saturated carbocycles. The number of nitriles is 1. The van der Waals surface area contributed by atoms with Crippen molar-refractivity contribution in [2.75, 3.05) is 18.4 Å². The van der Waals surface area contributed by atoms with Crippen LogP contribution in [0.3, 0.4) is 0 Å². The van der Waals surface area contributed by atoms with Gasteiger partial charge in [-0.1, -0.05) is 32.9 Å². The Kier molecular flexibility index (Phi) is 7.01. The van der Waals surface area contributed by atoms with Gasteiger partial charge in [-0.2, -0.15) is 5.26 Å². The van der Waals surface area contributed by atoms with Crippen molar-refractivity contribution in [2.24, 2.45) is 23.2 Å². The third kappa shape index (κ3) is 4.72. The molecule has 2 N–H and O–H groups in total. The second kappa shape index (κ2) is 10.2. The van der Waals surface area contributed by atoms with E-state index in [0.717, 1.165) is 0 Å². The van der Waals surface area contributed by atoms with Gasteiger partial charge in [0.1, 0.15) is 36.0 Å². The Bertz CT molecular complexity index is 1470. The first-order valence-corrected chi connectivity index (χ1v) is 15.0. The fourth-order valence-corrected chi connectivity index (χ4v) is 7.71. The van der Waals surface area contributed by atoms with E-state index in [4.69, 9.17) is 0 Å². The number of likely N-dealkylation sites (tertiary alicyclic amines) is 2. The van der Waals surface area contributed by atoms with Crippen molar-refractivity contribution >= 4 is 29.3 Å². The van der Waals surface area contributed by atoms with E-state index in [0.29, 0.717) is 12.0 Å². The van der Waals surface area contributed by atoms with Gasteiger partial charge >= 0.3 is 0 Å². The molecule has 2 aliphatic carbocycles. The van der Waals surface area contributed by atoms with Crippen LogP contribution in [0.4, 0.5) is 23.2 Å². The minimum atomic E-state index is -3.14. The van der Waals surface area contributed by atoms with Gasteiger partial charge in [0, 0.05) is 25.9 Å². The monoisotopic (exact) mass is 617 g/mol. The first-order chi connectivity index (χ1) is 20.6. The fourth-order valence-electron chi connectivity index (χ4n) is 7.71. The Balaban J connectivity index is 1.33. The van der Waals surface area contributed by atoms with E-state index < -0.39 is 88.8 Å². The number of nitrogens with one attached hydrogen (secondary N) is 2. The highest BCUT2D eigenvalue weighted by atomic mass is 19.3. The highest BCUT2D eigenvalue weighted by Crippen LogP contribution is 2.50. The second-order valence-corrected chi connectivity index (χ2v) is 14.1. The quantitative estimate of drug-likeness (QED) is 0.503. The van der Waals surface area contributed by atoms with Crippen LogP contribution in [0, 0.1) is 40.3 Å². The molecule has 5 aliphatic rings. The van der Waals surface area contributed by atoms with Gasteiger partial charge < -0.3 is 20.4 Å². The van der Waals surface area contributed by atoms with Crippen LogP contribution >= 0.6 is 0 Å². The van der Waals surface area contributed by atoms with E-state index in [1.165, 1.54) is 21.9 Å². The number of rotatable bonds is 4. The summed E-state index contributed by atoms with van der Waals surface area (Å²) in [6.45, 7) is 4.87. The number of carbonyl (C=O) groups excluding carboxylic acids is 4. The highest BCUT2D eigenvalue weighted by molar-refractivity contribution is 6.07. The molecule has 3 aliphatic heterocycles. The van der Waals surface area contributed by atoms with Crippen LogP contribution in [0.2, 0.25) is 0 Å². The normalized spacial score (nSPS) is 34.2. The Morgan fingerprint density at radius 2 is 1.86 bits per heavy atom. The summed E-state index contributed by atoms with van der Waals surface area (Å²) in [5.74, 6) is -8.90. The lowest BCUT2D eigenvalue weighted by Crippen LogP contribution is -2.59. The average Bonchev–Trinajstić information content (AvgIpc) is 3.25. The van der Waals surface area contributed by atoms with Crippen molar-refractivity contribution < 1.29 is 36.7 Å². The number of halogens is 4. The Morgan fingerprint density at radius 1 is 1.16 bits per heavy atom. The van der Waals surface area contributed by atoms with Gasteiger partial charge in [-0.15, -0.1) is 0 Å². The zero-order chi connectivity index (χ0) is 31.9. The van der Waals surface area contributed by atoms with Crippen molar-refractivity contribution in [2.45, 2.75) is 88.5 Å². The first-order valence-electron chi connectivity index (χ1n) is 15.0. The summed E-state index contributed by atoms with van der Waals surface area (Å²) in [6, 6.07) is 2.78. The number of fused-ring (bicyclic) bond motifs is 3. The van der Waals surface area contributed by atoms with Gasteiger partial charge in [0.2, 0.25) is 23.6 Å². The molecule has 1 unspecified atom stereocenters. The van der Waals surface area contributed by atoms with Gasteiger partial charge in [-0.05, 0) is 48.1 Å². The van der Waals surface area contributed by atoms with Crippen molar-refractivity contribution in [1.82, 2.24) is 15.1 Å². The van der Waals surface area contributed by atoms with Crippen LogP contribution in [-0.4, -0.2) is 76.7 Å². The molecule has 4 fully saturated rings. The standard InChI is InChI=1S/C31H35F4N5O4/c1-29(2,3)24(38-25(41)20-11-31(20,34)35)27(43)39-13-15-7-8-16(32)9-18(15)23(39)26(42)40-14-30(10-17(40)12-36)19-5-4-6-21(33)22(19)37-28(30)44/h4-6,15-18,20,23-24H,7-11,13-14H2,1-3H3,(H,37,44)(H,38,41)/t15?,16-,17+,18+,20-,23+,24-,30+/m1/s1. The largest absolute Gasteiger partial charge is 0.343 e. The molecule has 2 saturated heterocycles. The van der Waals surface area contributed by atoms with Crippen LogP contribution in [0.25, 0.3) is 0 Å². The van der Waals surface area contributed by atoms with Crippen molar-refractivity contribution in [1.29, 1.82) is 5.26 Å². The molecule has 44 heavy (non-hydrogen) atoms. The number of nitrogens with zero attached hydrogens (tertiary/aromatic N) is 3.